The number of halogens is 3. The largest absolute Gasteiger partial charge is 0.460 e. The molecule has 0 radical (unpaired) electrons. The molecule has 15 nitrogen and oxygen atoms in total. The van der Waals surface area contributed by atoms with Gasteiger partial charge < -0.3 is 39.4 Å². The van der Waals surface area contributed by atoms with Gasteiger partial charge in [-0.2, -0.15) is 18.2 Å². The van der Waals surface area contributed by atoms with E-state index in [1.807, 2.05) is 60.7 Å². The number of aliphatic hydroxyl groups excluding tert-OH is 1. The summed E-state index contributed by atoms with van der Waals surface area (Å²) in [4.78, 5) is 73.1. The summed E-state index contributed by atoms with van der Waals surface area (Å²) in [5, 5.41) is 16.8. The van der Waals surface area contributed by atoms with Gasteiger partial charge in [-0.1, -0.05) is 84.9 Å². The minimum absolute atomic E-state index is 0.0349. The Morgan fingerprint density at radius 3 is 2.25 bits per heavy atom. The summed E-state index contributed by atoms with van der Waals surface area (Å²) in [6, 6.07) is 22.9. The van der Waals surface area contributed by atoms with E-state index < -0.39 is 102 Å². The Kier molecular flexibility index (Phi) is 13.6. The first kappa shape index (κ1) is 46.3. The van der Waals surface area contributed by atoms with E-state index in [0.717, 1.165) is 6.08 Å². The predicted molar refractivity (Wildman–Crippen MR) is 219 cm³/mol. The van der Waals surface area contributed by atoms with Gasteiger partial charge in [0, 0.05) is 43.0 Å². The van der Waals surface area contributed by atoms with E-state index in [0.29, 0.717) is 22.3 Å². The number of carbonyl (C=O) groups excluding carboxylic acids is 5. The highest BCUT2D eigenvalue weighted by Gasteiger charge is 2.76. The molecule has 4 fully saturated rings. The summed E-state index contributed by atoms with van der Waals surface area (Å²) in [6.07, 6.45) is -6.68. The molecule has 7 atom stereocenters. The Balaban J connectivity index is 1.14. The van der Waals surface area contributed by atoms with E-state index in [1.165, 1.54) is 11.1 Å². The van der Waals surface area contributed by atoms with E-state index in [9.17, 15) is 42.3 Å². The highest BCUT2D eigenvalue weighted by molar-refractivity contribution is 5.94. The quantitative estimate of drug-likeness (QED) is 0.105. The zero-order valence-electron chi connectivity index (χ0n) is 35.4. The van der Waals surface area contributed by atoms with Gasteiger partial charge in [-0.05, 0) is 44.4 Å². The molecule has 3 aliphatic heterocycles. The van der Waals surface area contributed by atoms with Crippen LogP contribution in [-0.2, 0) is 64.8 Å². The molecule has 7 unspecified atom stereocenters. The number of rotatable bonds is 16. The van der Waals surface area contributed by atoms with Crippen LogP contribution in [0.4, 0.5) is 13.2 Å². The summed E-state index contributed by atoms with van der Waals surface area (Å²) >= 11 is 0. The van der Waals surface area contributed by atoms with Crippen LogP contribution in [0.15, 0.2) is 91.0 Å². The van der Waals surface area contributed by atoms with Crippen LogP contribution in [0.5, 0.6) is 0 Å². The predicted octanol–water partition coefficient (Wildman–Crippen LogP) is 4.40. The number of benzene rings is 3. The summed E-state index contributed by atoms with van der Waals surface area (Å²) in [7, 11) is 0. The molecule has 3 N–H and O–H groups in total. The van der Waals surface area contributed by atoms with Crippen molar-refractivity contribution in [2.45, 2.75) is 107 Å². The Hall–Kier alpha value is -5.66. The molecular weight excluding hydrogens is 844 g/mol. The van der Waals surface area contributed by atoms with Crippen molar-refractivity contribution in [3.8, 4) is 0 Å². The van der Waals surface area contributed by atoms with Gasteiger partial charge >= 0.3 is 24.1 Å². The number of carbonyl (C=O) groups is 5. The van der Waals surface area contributed by atoms with Crippen LogP contribution < -0.4 is 10.6 Å². The standard InChI is InChI=1S/C46H50F3N3O12/c1-43(2,3)61-36(56)20-18-32(26-53)51-34(54)21-22-50-42(58)44-24-33-37-38(63-46(62-37,30-13-6-4-7-14-30)31-15-8-5-9-16-31)40(44)64-52(39(44)41(57)60-33)25-29-12-10-11-28(23-29)17-19-35(55)59-27-45(47,48)49/h4-17,19,23,32-33,37-40,53H,18,20-22,24-27H2,1-3H3,(H,50,58)(H,51,54). The fourth-order valence-electron chi connectivity index (χ4n) is 8.68. The Labute approximate surface area is 367 Å². The third kappa shape index (κ3) is 10.2. The molecule has 1 aliphatic carbocycles. The maximum atomic E-state index is 14.8. The van der Waals surface area contributed by atoms with Crippen molar-refractivity contribution in [2.24, 2.45) is 5.41 Å². The van der Waals surface area contributed by atoms with Gasteiger partial charge in [0.15, 0.2) is 12.6 Å². The highest BCUT2D eigenvalue weighted by atomic mass is 19.4. The van der Waals surface area contributed by atoms with E-state index in [2.05, 4.69) is 15.4 Å². The number of ether oxygens (including phenoxy) is 5. The number of fused-ring (bicyclic) bond motifs is 4. The Morgan fingerprint density at radius 1 is 0.938 bits per heavy atom. The molecule has 4 aliphatic rings. The molecule has 2 bridgehead atoms. The summed E-state index contributed by atoms with van der Waals surface area (Å²) < 4.78 is 67.2. The van der Waals surface area contributed by atoms with Crippen LogP contribution in [0.25, 0.3) is 6.08 Å². The van der Waals surface area contributed by atoms with Crippen LogP contribution in [0.3, 0.4) is 0 Å². The van der Waals surface area contributed by atoms with Gasteiger partial charge in [0.05, 0.1) is 19.2 Å². The van der Waals surface area contributed by atoms with Crippen LogP contribution in [-0.4, -0.2) is 108 Å². The maximum absolute atomic E-state index is 14.8. The van der Waals surface area contributed by atoms with Gasteiger partial charge in [-0.25, -0.2) is 4.79 Å². The first-order valence-corrected chi connectivity index (χ1v) is 20.9. The molecule has 0 spiro atoms. The molecule has 342 valence electrons. The molecule has 2 amide bonds. The van der Waals surface area contributed by atoms with Crippen molar-refractivity contribution in [2.75, 3.05) is 19.8 Å². The molecule has 7 rings (SSSR count). The number of nitrogens with one attached hydrogen (secondary N) is 2. The number of hydrogen-bond acceptors (Lipinski definition) is 13. The molecule has 64 heavy (non-hydrogen) atoms. The molecule has 3 saturated heterocycles. The lowest BCUT2D eigenvalue weighted by Gasteiger charge is -2.48. The maximum Gasteiger partial charge on any atom is 0.422 e. The van der Waals surface area contributed by atoms with Crippen molar-refractivity contribution in [3.05, 3.63) is 113 Å². The van der Waals surface area contributed by atoms with Crippen molar-refractivity contribution in [1.29, 1.82) is 0 Å². The SMILES string of the molecule is CC(C)(C)OC(=O)CCC(CO)NC(=O)CCNC(=O)C12CC3OC(=O)C1N(Cc1cccc(C=CC(=O)OCC(F)(F)F)c1)OC2C1OC(c2ccccc2)(c2ccccc2)OC31. The topological polar surface area (TPSA) is 188 Å². The van der Waals surface area contributed by atoms with Crippen molar-refractivity contribution in [1.82, 2.24) is 15.7 Å². The van der Waals surface area contributed by atoms with Crippen LogP contribution in [0.2, 0.25) is 0 Å². The number of amides is 2. The zero-order valence-corrected chi connectivity index (χ0v) is 35.4. The Morgan fingerprint density at radius 2 is 1.61 bits per heavy atom. The number of nitrogens with zero attached hydrogens (tertiary/aromatic N) is 1. The van der Waals surface area contributed by atoms with Gasteiger partial charge in [0.2, 0.25) is 17.6 Å². The van der Waals surface area contributed by atoms with Crippen molar-refractivity contribution in [3.63, 3.8) is 0 Å². The van der Waals surface area contributed by atoms with Crippen LogP contribution >= 0.6 is 0 Å². The molecule has 1 saturated carbocycles. The third-order valence-corrected chi connectivity index (χ3v) is 11.3. The molecular formula is C46H50F3N3O12. The fourth-order valence-corrected chi connectivity index (χ4v) is 8.68. The van der Waals surface area contributed by atoms with Crippen LogP contribution in [0, 0.1) is 5.41 Å². The molecule has 3 heterocycles. The average molecular weight is 894 g/mol. The monoisotopic (exact) mass is 893 g/mol. The second-order valence-corrected chi connectivity index (χ2v) is 17.1. The highest BCUT2D eigenvalue weighted by Crippen LogP contribution is 2.59. The normalized spacial score (nSPS) is 25.2. The second kappa shape index (κ2) is 18.8. The first-order chi connectivity index (χ1) is 30.4. The zero-order chi connectivity index (χ0) is 45.9. The molecule has 3 aromatic carbocycles. The third-order valence-electron chi connectivity index (χ3n) is 11.3. The molecule has 18 heteroatoms. The van der Waals surface area contributed by atoms with E-state index in [4.69, 9.17) is 23.8 Å². The molecule has 0 aromatic heterocycles. The van der Waals surface area contributed by atoms with E-state index >= 15 is 0 Å². The minimum atomic E-state index is -4.69. The van der Waals surface area contributed by atoms with Gasteiger partial charge in [0.1, 0.15) is 35.4 Å². The number of alkyl halides is 3. The average Bonchev–Trinajstić information content (AvgIpc) is 3.83. The lowest BCUT2D eigenvalue weighted by atomic mass is 9.62. The van der Waals surface area contributed by atoms with Crippen molar-refractivity contribution >= 4 is 35.8 Å². The fraction of sp³-hybridized carbons (Fsp3) is 0.457. The second-order valence-electron chi connectivity index (χ2n) is 17.1. The lowest BCUT2D eigenvalue weighted by Crippen LogP contribution is -2.69. The number of hydrogen-bond donors (Lipinski definition) is 3. The molecule has 3 aromatic rings. The van der Waals surface area contributed by atoms with Gasteiger partial charge in [-0.15, -0.1) is 0 Å². The minimum Gasteiger partial charge on any atom is -0.460 e. The van der Waals surface area contributed by atoms with Crippen LogP contribution in [0.1, 0.15) is 68.7 Å². The number of esters is 3. The summed E-state index contributed by atoms with van der Waals surface area (Å²) in [6.45, 7) is 2.77. The van der Waals surface area contributed by atoms with Crippen molar-refractivity contribution < 1.29 is 70.8 Å². The smallest absolute Gasteiger partial charge is 0.422 e. The number of hydroxylamine groups is 2. The summed E-state index contributed by atoms with van der Waals surface area (Å²) in [5.41, 5.74) is -0.0730. The summed E-state index contributed by atoms with van der Waals surface area (Å²) in [5.74, 6) is -5.04. The van der Waals surface area contributed by atoms with Gasteiger partial charge in [-0.3, -0.25) is 24.0 Å². The van der Waals surface area contributed by atoms with Gasteiger partial charge in [0.25, 0.3) is 0 Å². The van der Waals surface area contributed by atoms with E-state index in [1.54, 1.807) is 45.0 Å². The first-order valence-electron chi connectivity index (χ1n) is 20.9. The lowest BCUT2D eigenvalue weighted by molar-refractivity contribution is -0.213. The Bertz CT molecular complexity index is 2180. The number of aliphatic hydroxyl groups is 1. The van der Waals surface area contributed by atoms with E-state index in [-0.39, 0.29) is 38.8 Å².